The summed E-state index contributed by atoms with van der Waals surface area (Å²) in [6, 6.07) is -0.274. The molecule has 114 valence electrons. The maximum absolute atomic E-state index is 12.3. The molecule has 0 radical (unpaired) electrons. The van der Waals surface area contributed by atoms with E-state index in [1.165, 1.54) is 11.3 Å². The molecule has 2 atom stereocenters. The van der Waals surface area contributed by atoms with Crippen LogP contribution in [0.3, 0.4) is 0 Å². The molecule has 5 nitrogen and oxygen atoms in total. The number of nitrogens with zero attached hydrogens (tertiary/aromatic N) is 1. The number of carbonyl (C=O) groups is 2. The predicted molar refractivity (Wildman–Crippen MR) is 79.6 cm³/mol. The van der Waals surface area contributed by atoms with E-state index in [0.29, 0.717) is 18.0 Å². The van der Waals surface area contributed by atoms with Gasteiger partial charge in [0, 0.05) is 17.3 Å². The van der Waals surface area contributed by atoms with E-state index in [-0.39, 0.29) is 11.9 Å². The first-order chi connectivity index (χ1) is 10.1. The Kier molecular flexibility index (Phi) is 4.24. The molecule has 0 bridgehead atoms. The second kappa shape index (κ2) is 6.13. The molecular weight excluding hydrogens is 288 g/mol. The molecule has 3 rings (SSSR count). The standard InChI is InChI=1S/C15H20N2O3S/c18-13(12-8-21-14(17-12)9-6-7-9)16-11-5-3-1-2-4-10(11)15(19)20/h8-11H,1-7H2,(H,16,18)(H,19,20). The molecule has 21 heavy (non-hydrogen) atoms. The highest BCUT2D eigenvalue weighted by Crippen LogP contribution is 2.41. The third-order valence-electron chi connectivity index (χ3n) is 4.33. The van der Waals surface area contributed by atoms with Crippen molar-refractivity contribution in [1.29, 1.82) is 0 Å². The van der Waals surface area contributed by atoms with Crippen LogP contribution in [0.4, 0.5) is 0 Å². The van der Waals surface area contributed by atoms with Crippen molar-refractivity contribution < 1.29 is 14.7 Å². The molecule has 2 aliphatic carbocycles. The molecule has 0 aromatic carbocycles. The van der Waals surface area contributed by atoms with Gasteiger partial charge in [0.2, 0.25) is 0 Å². The summed E-state index contributed by atoms with van der Waals surface area (Å²) in [6.45, 7) is 0. The number of nitrogens with one attached hydrogen (secondary N) is 1. The molecule has 2 unspecified atom stereocenters. The van der Waals surface area contributed by atoms with Crippen molar-refractivity contribution in [3.63, 3.8) is 0 Å². The van der Waals surface area contributed by atoms with Crippen molar-refractivity contribution >= 4 is 23.2 Å². The largest absolute Gasteiger partial charge is 0.481 e. The summed E-state index contributed by atoms with van der Waals surface area (Å²) in [6.07, 6.45) is 6.65. The van der Waals surface area contributed by atoms with E-state index in [1.807, 2.05) is 0 Å². The number of thiazole rings is 1. The fourth-order valence-corrected chi connectivity index (χ4v) is 3.90. The van der Waals surface area contributed by atoms with Crippen molar-refractivity contribution in [2.75, 3.05) is 0 Å². The lowest BCUT2D eigenvalue weighted by Crippen LogP contribution is -2.43. The lowest BCUT2D eigenvalue weighted by atomic mass is 9.95. The number of hydrogen-bond donors (Lipinski definition) is 2. The first-order valence-electron chi connectivity index (χ1n) is 7.64. The molecule has 1 aromatic rings. The zero-order valence-corrected chi connectivity index (χ0v) is 12.7. The number of carboxylic acid groups (broad SMARTS) is 1. The minimum atomic E-state index is -0.806. The van der Waals surface area contributed by atoms with Crippen molar-refractivity contribution in [3.05, 3.63) is 16.1 Å². The van der Waals surface area contributed by atoms with Crippen molar-refractivity contribution in [2.24, 2.45) is 5.92 Å². The molecule has 2 N–H and O–H groups in total. The Balaban J connectivity index is 1.67. The van der Waals surface area contributed by atoms with Crippen LogP contribution in [-0.4, -0.2) is 28.0 Å². The zero-order valence-electron chi connectivity index (χ0n) is 11.9. The van der Waals surface area contributed by atoms with E-state index in [0.717, 1.165) is 43.5 Å². The van der Waals surface area contributed by atoms with Gasteiger partial charge in [-0.3, -0.25) is 9.59 Å². The fraction of sp³-hybridized carbons (Fsp3) is 0.667. The van der Waals surface area contributed by atoms with Crippen molar-refractivity contribution in [2.45, 2.75) is 56.9 Å². The second-order valence-electron chi connectivity index (χ2n) is 6.01. The number of carbonyl (C=O) groups excluding carboxylic acids is 1. The quantitative estimate of drug-likeness (QED) is 0.838. The van der Waals surface area contributed by atoms with Crippen LogP contribution < -0.4 is 5.32 Å². The average Bonchev–Trinajstić information content (AvgIpc) is 3.22. The summed E-state index contributed by atoms with van der Waals surface area (Å²) in [5.41, 5.74) is 0.440. The van der Waals surface area contributed by atoms with Gasteiger partial charge < -0.3 is 10.4 Å². The summed E-state index contributed by atoms with van der Waals surface area (Å²) in [5.74, 6) is -0.963. The van der Waals surface area contributed by atoms with Crippen LogP contribution in [0.25, 0.3) is 0 Å². The van der Waals surface area contributed by atoms with Crippen LogP contribution in [0.5, 0.6) is 0 Å². The summed E-state index contributed by atoms with van der Waals surface area (Å²) in [4.78, 5) is 28.1. The Morgan fingerprint density at radius 1 is 1.19 bits per heavy atom. The molecule has 2 aliphatic rings. The van der Waals surface area contributed by atoms with Gasteiger partial charge in [0.15, 0.2) is 0 Å². The van der Waals surface area contributed by atoms with Crippen molar-refractivity contribution in [1.82, 2.24) is 10.3 Å². The average molecular weight is 308 g/mol. The van der Waals surface area contributed by atoms with E-state index in [1.54, 1.807) is 5.38 Å². The molecule has 1 aromatic heterocycles. The molecule has 1 amide bonds. The summed E-state index contributed by atoms with van der Waals surface area (Å²) in [5, 5.41) is 15.1. The first-order valence-corrected chi connectivity index (χ1v) is 8.52. The number of amides is 1. The minimum Gasteiger partial charge on any atom is -0.481 e. The Morgan fingerprint density at radius 3 is 2.67 bits per heavy atom. The normalized spacial score (nSPS) is 26.1. The van der Waals surface area contributed by atoms with Gasteiger partial charge in [0.1, 0.15) is 5.69 Å². The highest BCUT2D eigenvalue weighted by Gasteiger charge is 2.32. The maximum Gasteiger partial charge on any atom is 0.308 e. The van der Waals surface area contributed by atoms with E-state index < -0.39 is 11.9 Å². The number of aliphatic carboxylic acids is 1. The highest BCUT2D eigenvalue weighted by atomic mass is 32.1. The zero-order chi connectivity index (χ0) is 14.8. The second-order valence-corrected chi connectivity index (χ2v) is 6.90. The number of carboxylic acids is 1. The SMILES string of the molecule is O=C(NC1CCCCCC1C(=O)O)c1csc(C2CC2)n1. The molecule has 6 heteroatoms. The van der Waals surface area contributed by atoms with Gasteiger partial charge in [-0.2, -0.15) is 0 Å². The third-order valence-corrected chi connectivity index (χ3v) is 5.34. The summed E-state index contributed by atoms with van der Waals surface area (Å²) >= 11 is 1.53. The Labute approximate surface area is 127 Å². The Morgan fingerprint density at radius 2 is 1.95 bits per heavy atom. The maximum atomic E-state index is 12.3. The number of aromatic nitrogens is 1. The van der Waals surface area contributed by atoms with Gasteiger partial charge in [0.25, 0.3) is 5.91 Å². The third kappa shape index (κ3) is 3.43. The van der Waals surface area contributed by atoms with E-state index in [4.69, 9.17) is 0 Å². The van der Waals surface area contributed by atoms with Gasteiger partial charge in [-0.25, -0.2) is 4.98 Å². The molecule has 0 spiro atoms. The first kappa shape index (κ1) is 14.5. The lowest BCUT2D eigenvalue weighted by Gasteiger charge is -2.22. The minimum absolute atomic E-state index is 0.226. The molecule has 0 saturated heterocycles. The topological polar surface area (TPSA) is 79.3 Å². The smallest absolute Gasteiger partial charge is 0.308 e. The van der Waals surface area contributed by atoms with E-state index >= 15 is 0 Å². The van der Waals surface area contributed by atoms with E-state index in [9.17, 15) is 14.7 Å². The van der Waals surface area contributed by atoms with Gasteiger partial charge in [0.05, 0.1) is 10.9 Å². The molecule has 1 heterocycles. The summed E-state index contributed by atoms with van der Waals surface area (Å²) in [7, 11) is 0. The monoisotopic (exact) mass is 308 g/mol. The van der Waals surface area contributed by atoms with Gasteiger partial charge in [-0.15, -0.1) is 11.3 Å². The van der Waals surface area contributed by atoms with Crippen LogP contribution >= 0.6 is 11.3 Å². The van der Waals surface area contributed by atoms with Crippen molar-refractivity contribution in [3.8, 4) is 0 Å². The highest BCUT2D eigenvalue weighted by molar-refractivity contribution is 7.10. The van der Waals surface area contributed by atoms with Crippen LogP contribution in [0, 0.1) is 5.92 Å². The van der Waals surface area contributed by atoms with Crippen LogP contribution in [0.1, 0.15) is 66.4 Å². The summed E-state index contributed by atoms with van der Waals surface area (Å²) < 4.78 is 0. The number of hydrogen-bond acceptors (Lipinski definition) is 4. The van der Waals surface area contributed by atoms with Gasteiger partial charge >= 0.3 is 5.97 Å². The van der Waals surface area contributed by atoms with Gasteiger partial charge in [-0.05, 0) is 25.7 Å². The molecule has 2 fully saturated rings. The molecule has 2 saturated carbocycles. The molecule has 0 aliphatic heterocycles. The van der Waals surface area contributed by atoms with Crippen LogP contribution in [0.2, 0.25) is 0 Å². The van der Waals surface area contributed by atoms with Crippen LogP contribution in [-0.2, 0) is 4.79 Å². The lowest BCUT2D eigenvalue weighted by molar-refractivity contribution is -0.142. The number of rotatable bonds is 4. The van der Waals surface area contributed by atoms with E-state index in [2.05, 4.69) is 10.3 Å². The Bertz CT molecular complexity index is 539. The van der Waals surface area contributed by atoms with Crippen LogP contribution in [0.15, 0.2) is 5.38 Å². The Hall–Kier alpha value is -1.43. The fourth-order valence-electron chi connectivity index (χ4n) is 2.93. The predicted octanol–water partition coefficient (Wildman–Crippen LogP) is 2.78. The molecular formula is C15H20N2O3S. The van der Waals surface area contributed by atoms with Gasteiger partial charge in [-0.1, -0.05) is 19.3 Å².